The zero-order chi connectivity index (χ0) is 10.7. The quantitative estimate of drug-likeness (QED) is 0.850. The normalized spacial score (nSPS) is 23.2. The molecule has 3 nitrogen and oxygen atoms in total. The summed E-state index contributed by atoms with van der Waals surface area (Å²) in [6, 6.07) is 0.365. The number of nitrogens with zero attached hydrogens (tertiary/aromatic N) is 2. The molecule has 0 aliphatic carbocycles. The Morgan fingerprint density at radius 2 is 2.53 bits per heavy atom. The number of rotatable bonds is 3. The van der Waals surface area contributed by atoms with Gasteiger partial charge in [0.1, 0.15) is 5.01 Å². The van der Waals surface area contributed by atoms with Crippen molar-refractivity contribution in [3.63, 3.8) is 0 Å². The average molecular weight is 225 g/mol. The fraction of sp³-hybridized carbons (Fsp3) is 0.727. The molecule has 1 aliphatic rings. The average Bonchev–Trinajstić information content (AvgIpc) is 2.65. The molecule has 0 radical (unpaired) electrons. The van der Waals surface area contributed by atoms with E-state index in [1.807, 2.05) is 17.5 Å². The summed E-state index contributed by atoms with van der Waals surface area (Å²) in [4.78, 5) is 8.25. The molecule has 2 rings (SSSR count). The van der Waals surface area contributed by atoms with Crippen molar-refractivity contribution in [2.45, 2.75) is 38.8 Å². The number of piperidine rings is 1. The topological polar surface area (TPSA) is 42.2 Å². The van der Waals surface area contributed by atoms with Crippen molar-refractivity contribution in [2.24, 2.45) is 5.73 Å². The van der Waals surface area contributed by atoms with E-state index in [9.17, 15) is 0 Å². The van der Waals surface area contributed by atoms with Gasteiger partial charge in [0.2, 0.25) is 0 Å². The third-order valence-corrected chi connectivity index (χ3v) is 3.98. The van der Waals surface area contributed by atoms with Gasteiger partial charge >= 0.3 is 0 Å². The minimum atomic E-state index is 0.365. The first-order valence-electron chi connectivity index (χ1n) is 5.69. The number of hydrogen-bond acceptors (Lipinski definition) is 4. The van der Waals surface area contributed by atoms with Gasteiger partial charge in [0, 0.05) is 23.7 Å². The molecule has 4 heteroatoms. The van der Waals surface area contributed by atoms with Gasteiger partial charge in [0.05, 0.1) is 6.54 Å². The molecule has 1 aromatic heterocycles. The van der Waals surface area contributed by atoms with Gasteiger partial charge in [-0.2, -0.15) is 0 Å². The molecular formula is C11H19N3S. The van der Waals surface area contributed by atoms with Gasteiger partial charge in [-0.05, 0) is 25.8 Å². The monoisotopic (exact) mass is 225 g/mol. The molecular weight excluding hydrogens is 206 g/mol. The van der Waals surface area contributed by atoms with Crippen LogP contribution in [-0.4, -0.2) is 29.0 Å². The predicted octanol–water partition coefficient (Wildman–Crippen LogP) is 1.63. The first-order chi connectivity index (χ1) is 7.28. The van der Waals surface area contributed by atoms with Crippen molar-refractivity contribution in [3.05, 3.63) is 16.1 Å². The zero-order valence-electron chi connectivity index (χ0n) is 9.28. The van der Waals surface area contributed by atoms with E-state index in [-0.39, 0.29) is 0 Å². The van der Waals surface area contributed by atoms with Crippen LogP contribution in [-0.2, 0) is 13.0 Å². The minimum absolute atomic E-state index is 0.365. The second-order valence-electron chi connectivity index (χ2n) is 4.21. The molecule has 1 atom stereocenters. The van der Waals surface area contributed by atoms with Gasteiger partial charge in [-0.25, -0.2) is 4.98 Å². The van der Waals surface area contributed by atoms with Crippen molar-refractivity contribution in [1.82, 2.24) is 9.88 Å². The lowest BCUT2D eigenvalue weighted by Gasteiger charge is -2.29. The van der Waals surface area contributed by atoms with E-state index >= 15 is 0 Å². The van der Waals surface area contributed by atoms with Crippen molar-refractivity contribution in [1.29, 1.82) is 0 Å². The van der Waals surface area contributed by atoms with Crippen LogP contribution in [0.4, 0.5) is 0 Å². The predicted molar refractivity (Wildman–Crippen MR) is 64.0 cm³/mol. The Bertz CT molecular complexity index is 311. The Balaban J connectivity index is 1.90. The van der Waals surface area contributed by atoms with E-state index in [1.54, 1.807) is 0 Å². The van der Waals surface area contributed by atoms with E-state index in [0.29, 0.717) is 6.04 Å². The van der Waals surface area contributed by atoms with Crippen LogP contribution in [0.3, 0.4) is 0 Å². The SMILES string of the molecule is CCc1cnc(CN2CCC[C@@H](N)C2)s1. The highest BCUT2D eigenvalue weighted by Crippen LogP contribution is 2.17. The van der Waals surface area contributed by atoms with Gasteiger partial charge in [-0.3, -0.25) is 4.90 Å². The van der Waals surface area contributed by atoms with E-state index in [2.05, 4.69) is 16.8 Å². The summed E-state index contributed by atoms with van der Waals surface area (Å²) in [5, 5.41) is 1.24. The van der Waals surface area contributed by atoms with Crippen LogP contribution in [0.5, 0.6) is 0 Å². The van der Waals surface area contributed by atoms with Crippen molar-refractivity contribution in [3.8, 4) is 0 Å². The molecule has 0 aromatic carbocycles. The van der Waals surface area contributed by atoms with Crippen molar-refractivity contribution < 1.29 is 0 Å². The largest absolute Gasteiger partial charge is 0.327 e. The van der Waals surface area contributed by atoms with E-state index in [1.165, 1.54) is 29.3 Å². The fourth-order valence-corrected chi connectivity index (χ4v) is 2.92. The molecule has 0 saturated carbocycles. The maximum atomic E-state index is 5.95. The highest BCUT2D eigenvalue weighted by atomic mass is 32.1. The van der Waals surface area contributed by atoms with Gasteiger partial charge in [-0.15, -0.1) is 11.3 Å². The van der Waals surface area contributed by atoms with Crippen LogP contribution in [0.2, 0.25) is 0 Å². The Morgan fingerprint density at radius 3 is 3.20 bits per heavy atom. The number of nitrogens with two attached hydrogens (primary N) is 1. The van der Waals surface area contributed by atoms with E-state index < -0.39 is 0 Å². The maximum Gasteiger partial charge on any atom is 0.107 e. The molecule has 0 bridgehead atoms. The Morgan fingerprint density at radius 1 is 1.67 bits per heavy atom. The van der Waals surface area contributed by atoms with Crippen molar-refractivity contribution in [2.75, 3.05) is 13.1 Å². The van der Waals surface area contributed by atoms with Gasteiger partial charge in [0.25, 0.3) is 0 Å². The lowest BCUT2D eigenvalue weighted by molar-refractivity contribution is 0.201. The maximum absolute atomic E-state index is 5.95. The zero-order valence-corrected chi connectivity index (χ0v) is 10.1. The smallest absolute Gasteiger partial charge is 0.107 e. The molecule has 2 N–H and O–H groups in total. The van der Waals surface area contributed by atoms with Crippen LogP contribution in [0, 0.1) is 0 Å². The summed E-state index contributed by atoms with van der Waals surface area (Å²) in [6.07, 6.45) is 5.50. The van der Waals surface area contributed by atoms with Crippen molar-refractivity contribution >= 4 is 11.3 Å². The fourth-order valence-electron chi connectivity index (χ4n) is 2.01. The Kier molecular flexibility index (Phi) is 3.72. The number of likely N-dealkylation sites (tertiary alicyclic amines) is 1. The first-order valence-corrected chi connectivity index (χ1v) is 6.51. The third-order valence-electron chi connectivity index (χ3n) is 2.85. The van der Waals surface area contributed by atoms with Gasteiger partial charge < -0.3 is 5.73 Å². The van der Waals surface area contributed by atoms with Crippen LogP contribution in [0.1, 0.15) is 29.7 Å². The standard InChI is InChI=1S/C11H19N3S/c1-2-10-6-13-11(15-10)8-14-5-3-4-9(12)7-14/h6,9H,2-5,7-8,12H2,1H3/t9-/m1/s1. The molecule has 1 fully saturated rings. The first kappa shape index (κ1) is 11.0. The molecule has 0 spiro atoms. The van der Waals surface area contributed by atoms with Crippen LogP contribution >= 0.6 is 11.3 Å². The summed E-state index contributed by atoms with van der Waals surface area (Å²) in [5.41, 5.74) is 5.95. The number of hydrogen-bond donors (Lipinski definition) is 1. The Hall–Kier alpha value is -0.450. The molecule has 2 heterocycles. The molecule has 1 saturated heterocycles. The van der Waals surface area contributed by atoms with Gasteiger partial charge in [0.15, 0.2) is 0 Å². The Labute approximate surface area is 95.3 Å². The summed E-state index contributed by atoms with van der Waals surface area (Å²) in [6.45, 7) is 5.36. The second kappa shape index (κ2) is 5.05. The molecule has 0 amide bonds. The molecule has 84 valence electrons. The summed E-state index contributed by atoms with van der Waals surface area (Å²) < 4.78 is 0. The highest BCUT2D eigenvalue weighted by molar-refractivity contribution is 7.11. The van der Waals surface area contributed by atoms with Crippen LogP contribution < -0.4 is 5.73 Å². The lowest BCUT2D eigenvalue weighted by atomic mass is 10.1. The molecule has 1 aliphatic heterocycles. The third kappa shape index (κ3) is 3.00. The number of aromatic nitrogens is 1. The highest BCUT2D eigenvalue weighted by Gasteiger charge is 2.17. The summed E-state index contributed by atoms with van der Waals surface area (Å²) in [7, 11) is 0. The molecule has 0 unspecified atom stereocenters. The van der Waals surface area contributed by atoms with Gasteiger partial charge in [-0.1, -0.05) is 6.92 Å². The number of thiazole rings is 1. The van der Waals surface area contributed by atoms with Crippen LogP contribution in [0.15, 0.2) is 6.20 Å². The summed E-state index contributed by atoms with van der Waals surface area (Å²) in [5.74, 6) is 0. The molecule has 15 heavy (non-hydrogen) atoms. The van der Waals surface area contributed by atoms with E-state index in [4.69, 9.17) is 5.73 Å². The minimum Gasteiger partial charge on any atom is -0.327 e. The number of aryl methyl sites for hydroxylation is 1. The second-order valence-corrected chi connectivity index (χ2v) is 5.41. The van der Waals surface area contributed by atoms with Crippen LogP contribution in [0.25, 0.3) is 0 Å². The molecule has 1 aromatic rings. The lowest BCUT2D eigenvalue weighted by Crippen LogP contribution is -2.42. The van der Waals surface area contributed by atoms with E-state index in [0.717, 1.165) is 19.5 Å². The summed E-state index contributed by atoms with van der Waals surface area (Å²) >= 11 is 1.83.